The van der Waals surface area contributed by atoms with Crippen LogP contribution in [0.1, 0.15) is 5.56 Å². The van der Waals surface area contributed by atoms with Crippen molar-refractivity contribution in [2.24, 2.45) is 0 Å². The Morgan fingerprint density at radius 3 is 2.50 bits per heavy atom. The number of nitrogens with one attached hydrogen (secondary N) is 1. The molecule has 5 nitrogen and oxygen atoms in total. The zero-order valence-electron chi connectivity index (χ0n) is 8.28. The van der Waals surface area contributed by atoms with E-state index in [0.717, 1.165) is 4.90 Å². The maximum absolute atomic E-state index is 11.4. The normalized spacial score (nSPS) is 15.6. The van der Waals surface area contributed by atoms with E-state index in [2.05, 4.69) is 0 Å². The van der Waals surface area contributed by atoms with Crippen LogP contribution in [0.3, 0.4) is 0 Å². The van der Waals surface area contributed by atoms with E-state index in [1.807, 2.05) is 5.32 Å². The van der Waals surface area contributed by atoms with Crippen molar-refractivity contribution in [1.82, 2.24) is 5.32 Å². The summed E-state index contributed by atoms with van der Waals surface area (Å²) in [5.41, 5.74) is 1.00. The molecule has 0 atom stereocenters. The van der Waals surface area contributed by atoms with E-state index >= 15 is 0 Å². The number of rotatable bonds is 1. The van der Waals surface area contributed by atoms with Crippen molar-refractivity contribution in [3.8, 4) is 0 Å². The standard InChI is InChI=1S/C10H7ClN2O3/c1-5-2-3-6(11)4-7(5)13-9(15)8(14)12-10(13)16/h2-4H,1H3,(H,12,14,16). The van der Waals surface area contributed by atoms with Crippen LogP contribution in [-0.2, 0) is 9.59 Å². The molecule has 1 saturated heterocycles. The molecular formula is C10H7ClN2O3. The molecule has 0 bridgehead atoms. The van der Waals surface area contributed by atoms with Gasteiger partial charge in [0.25, 0.3) is 0 Å². The molecule has 1 aromatic rings. The Bertz CT molecular complexity index is 513. The van der Waals surface area contributed by atoms with E-state index < -0.39 is 17.8 Å². The van der Waals surface area contributed by atoms with E-state index in [0.29, 0.717) is 16.3 Å². The number of carbonyl (C=O) groups is 3. The molecule has 2 rings (SSSR count). The van der Waals surface area contributed by atoms with Gasteiger partial charge in [-0.1, -0.05) is 17.7 Å². The van der Waals surface area contributed by atoms with E-state index in [-0.39, 0.29) is 0 Å². The first kappa shape index (κ1) is 10.6. The van der Waals surface area contributed by atoms with E-state index in [1.165, 1.54) is 6.07 Å². The number of carbonyl (C=O) groups excluding carboxylic acids is 3. The molecule has 82 valence electrons. The molecule has 1 aliphatic rings. The molecule has 0 radical (unpaired) electrons. The van der Waals surface area contributed by atoms with E-state index in [4.69, 9.17) is 11.6 Å². The fraction of sp³-hybridized carbons (Fsp3) is 0.100. The van der Waals surface area contributed by atoms with Gasteiger partial charge in [0, 0.05) is 5.02 Å². The van der Waals surface area contributed by atoms with Crippen LogP contribution >= 0.6 is 11.6 Å². The number of nitrogens with zero attached hydrogens (tertiary/aromatic N) is 1. The quantitative estimate of drug-likeness (QED) is 0.591. The van der Waals surface area contributed by atoms with Crippen molar-refractivity contribution in [2.75, 3.05) is 4.90 Å². The highest BCUT2D eigenvalue weighted by Gasteiger charge is 2.38. The van der Waals surface area contributed by atoms with Crippen LogP contribution in [-0.4, -0.2) is 17.8 Å². The Balaban J connectivity index is 2.52. The third-order valence-corrected chi connectivity index (χ3v) is 2.47. The second-order valence-electron chi connectivity index (χ2n) is 3.33. The number of halogens is 1. The number of hydrogen-bond donors (Lipinski definition) is 1. The lowest BCUT2D eigenvalue weighted by Crippen LogP contribution is -2.31. The number of anilines is 1. The van der Waals surface area contributed by atoms with Crippen molar-refractivity contribution >= 4 is 35.1 Å². The lowest BCUT2D eigenvalue weighted by molar-refractivity contribution is -0.134. The lowest BCUT2D eigenvalue weighted by Gasteiger charge is -2.14. The second-order valence-corrected chi connectivity index (χ2v) is 3.77. The van der Waals surface area contributed by atoms with Gasteiger partial charge in [-0.25, -0.2) is 9.69 Å². The largest absolute Gasteiger partial charge is 0.336 e. The summed E-state index contributed by atoms with van der Waals surface area (Å²) in [6, 6.07) is 4.02. The zero-order valence-corrected chi connectivity index (χ0v) is 9.04. The topological polar surface area (TPSA) is 66.5 Å². The van der Waals surface area contributed by atoms with E-state index in [1.54, 1.807) is 19.1 Å². The van der Waals surface area contributed by atoms with Gasteiger partial charge < -0.3 is 0 Å². The monoisotopic (exact) mass is 238 g/mol. The molecule has 1 fully saturated rings. The highest BCUT2D eigenvalue weighted by molar-refractivity contribution is 6.53. The van der Waals surface area contributed by atoms with Crippen LogP contribution in [0.5, 0.6) is 0 Å². The predicted molar refractivity (Wildman–Crippen MR) is 57.2 cm³/mol. The van der Waals surface area contributed by atoms with Crippen molar-refractivity contribution in [1.29, 1.82) is 0 Å². The zero-order chi connectivity index (χ0) is 11.9. The molecule has 0 aromatic heterocycles. The second kappa shape index (κ2) is 3.61. The molecule has 6 heteroatoms. The van der Waals surface area contributed by atoms with Gasteiger partial charge in [-0.05, 0) is 24.6 Å². The van der Waals surface area contributed by atoms with Crippen LogP contribution in [0.2, 0.25) is 5.02 Å². The Morgan fingerprint density at radius 1 is 1.25 bits per heavy atom. The summed E-state index contributed by atoms with van der Waals surface area (Å²) in [6.45, 7) is 1.72. The SMILES string of the molecule is Cc1ccc(Cl)cc1N1C(=O)NC(=O)C1=O. The molecule has 0 aliphatic carbocycles. The maximum Gasteiger partial charge on any atom is 0.336 e. The fourth-order valence-corrected chi connectivity index (χ4v) is 1.61. The summed E-state index contributed by atoms with van der Waals surface area (Å²) in [5, 5.41) is 2.31. The molecule has 16 heavy (non-hydrogen) atoms. The molecule has 0 spiro atoms. The van der Waals surface area contributed by atoms with Crippen LogP contribution < -0.4 is 10.2 Å². The fourth-order valence-electron chi connectivity index (χ4n) is 1.44. The van der Waals surface area contributed by atoms with Gasteiger partial charge in [-0.3, -0.25) is 14.9 Å². The number of urea groups is 1. The van der Waals surface area contributed by atoms with E-state index in [9.17, 15) is 14.4 Å². The minimum absolute atomic E-state index is 0.320. The number of benzene rings is 1. The molecule has 1 N–H and O–H groups in total. The van der Waals surface area contributed by atoms with Crippen molar-refractivity contribution in [3.63, 3.8) is 0 Å². The minimum Gasteiger partial charge on any atom is -0.269 e. The average Bonchev–Trinajstić information content (AvgIpc) is 2.46. The number of aryl methyl sites for hydroxylation is 1. The number of hydrogen-bond acceptors (Lipinski definition) is 3. The van der Waals surface area contributed by atoms with Gasteiger partial charge in [0.15, 0.2) is 0 Å². The summed E-state index contributed by atoms with van der Waals surface area (Å²) in [4.78, 5) is 34.6. The lowest BCUT2D eigenvalue weighted by atomic mass is 10.2. The summed E-state index contributed by atoms with van der Waals surface area (Å²) >= 11 is 5.77. The Kier molecular flexibility index (Phi) is 2.40. The molecule has 0 saturated carbocycles. The van der Waals surface area contributed by atoms with Gasteiger partial charge >= 0.3 is 17.8 Å². The molecule has 4 amide bonds. The number of imide groups is 2. The van der Waals surface area contributed by atoms with Crippen molar-refractivity contribution < 1.29 is 14.4 Å². The van der Waals surface area contributed by atoms with Crippen LogP contribution in [0.15, 0.2) is 18.2 Å². The minimum atomic E-state index is -0.927. The third kappa shape index (κ3) is 1.55. The van der Waals surface area contributed by atoms with Crippen LogP contribution in [0.25, 0.3) is 0 Å². The maximum atomic E-state index is 11.4. The molecule has 1 aliphatic heterocycles. The van der Waals surface area contributed by atoms with Gasteiger partial charge in [-0.2, -0.15) is 0 Å². The molecule has 1 heterocycles. The summed E-state index contributed by atoms with van der Waals surface area (Å²) in [7, 11) is 0. The van der Waals surface area contributed by atoms with Crippen molar-refractivity contribution in [3.05, 3.63) is 28.8 Å². The van der Waals surface area contributed by atoms with Crippen LogP contribution in [0, 0.1) is 6.92 Å². The van der Waals surface area contributed by atoms with Crippen molar-refractivity contribution in [2.45, 2.75) is 6.92 Å². The average molecular weight is 239 g/mol. The third-order valence-electron chi connectivity index (χ3n) is 2.23. The Hall–Kier alpha value is -1.88. The van der Waals surface area contributed by atoms with Gasteiger partial charge in [0.2, 0.25) is 0 Å². The molecular weight excluding hydrogens is 232 g/mol. The van der Waals surface area contributed by atoms with Crippen LogP contribution in [0.4, 0.5) is 10.5 Å². The predicted octanol–water partition coefficient (Wildman–Crippen LogP) is 1.23. The van der Waals surface area contributed by atoms with Gasteiger partial charge in [0.05, 0.1) is 5.69 Å². The first-order chi connectivity index (χ1) is 7.50. The first-order valence-electron chi connectivity index (χ1n) is 4.46. The Labute approximate surface area is 96.0 Å². The summed E-state index contributed by atoms with van der Waals surface area (Å²) in [6.07, 6.45) is 0. The van der Waals surface area contributed by atoms with Gasteiger partial charge in [0.1, 0.15) is 0 Å². The van der Waals surface area contributed by atoms with Gasteiger partial charge in [-0.15, -0.1) is 0 Å². The Morgan fingerprint density at radius 2 is 1.94 bits per heavy atom. The summed E-state index contributed by atoms with van der Waals surface area (Å²) < 4.78 is 0. The molecule has 0 unspecified atom stereocenters. The molecule has 1 aromatic carbocycles. The number of amides is 4. The highest BCUT2D eigenvalue weighted by atomic mass is 35.5. The summed E-state index contributed by atoms with van der Waals surface area (Å²) in [5.74, 6) is -1.82. The highest BCUT2D eigenvalue weighted by Crippen LogP contribution is 2.25. The first-order valence-corrected chi connectivity index (χ1v) is 4.84. The smallest absolute Gasteiger partial charge is 0.269 e.